The molecule has 0 aliphatic heterocycles. The van der Waals surface area contributed by atoms with Gasteiger partial charge in [-0.25, -0.2) is 0 Å². The summed E-state index contributed by atoms with van der Waals surface area (Å²) >= 11 is 14.0. The van der Waals surface area contributed by atoms with Crippen LogP contribution in [-0.2, 0) is 9.59 Å². The quantitative estimate of drug-likeness (QED) is 0.341. The van der Waals surface area contributed by atoms with E-state index in [1.807, 2.05) is 0 Å². The standard InChI is InChI=1S/C12H13Cl2IO3/c13-12(14,8(16)9(15)17)11-3-6-1-7(11)4-10(18,2-6)5-11/h6-7,18H,1-5H2. The summed E-state index contributed by atoms with van der Waals surface area (Å²) in [5.41, 5.74) is -1.33. The van der Waals surface area contributed by atoms with Crippen LogP contribution in [0.5, 0.6) is 0 Å². The molecule has 4 bridgehead atoms. The fourth-order valence-electron chi connectivity index (χ4n) is 4.70. The lowest BCUT2D eigenvalue weighted by Gasteiger charge is -2.42. The maximum Gasteiger partial charge on any atom is 0.261 e. The number of hydrogen-bond donors (Lipinski definition) is 1. The highest BCUT2D eigenvalue weighted by molar-refractivity contribution is 14.1. The summed E-state index contributed by atoms with van der Waals surface area (Å²) in [4.78, 5) is 23.3. The molecule has 0 heterocycles. The molecule has 4 aliphatic rings. The van der Waals surface area contributed by atoms with Crippen molar-refractivity contribution in [3.63, 3.8) is 0 Å². The van der Waals surface area contributed by atoms with Gasteiger partial charge in [0.2, 0.25) is 5.78 Å². The average Bonchev–Trinajstić information content (AvgIpc) is 2.60. The van der Waals surface area contributed by atoms with Gasteiger partial charge in [0.1, 0.15) is 0 Å². The largest absolute Gasteiger partial charge is 0.390 e. The van der Waals surface area contributed by atoms with Crippen LogP contribution in [0.15, 0.2) is 0 Å². The number of halogens is 3. The van der Waals surface area contributed by atoms with Gasteiger partial charge in [-0.05, 0) is 43.9 Å². The minimum atomic E-state index is -1.68. The van der Waals surface area contributed by atoms with Crippen LogP contribution >= 0.6 is 45.8 Å². The van der Waals surface area contributed by atoms with Crippen molar-refractivity contribution in [2.75, 3.05) is 0 Å². The second kappa shape index (κ2) is 3.83. The first kappa shape index (κ1) is 13.6. The number of hydrogen-bond acceptors (Lipinski definition) is 3. The zero-order valence-electron chi connectivity index (χ0n) is 9.59. The smallest absolute Gasteiger partial charge is 0.261 e. The summed E-state index contributed by atoms with van der Waals surface area (Å²) in [5.74, 6) is -0.185. The molecule has 1 N–H and O–H groups in total. The number of Topliss-reactive ketones (excluding diaryl/α,β-unsaturated/α-hetero) is 1. The Balaban J connectivity index is 2.02. The van der Waals surface area contributed by atoms with Crippen LogP contribution in [0.3, 0.4) is 0 Å². The van der Waals surface area contributed by atoms with Crippen molar-refractivity contribution in [1.29, 1.82) is 0 Å². The molecule has 0 aromatic rings. The van der Waals surface area contributed by atoms with Crippen LogP contribution in [0.25, 0.3) is 0 Å². The van der Waals surface area contributed by atoms with Crippen LogP contribution in [-0.4, -0.2) is 24.6 Å². The van der Waals surface area contributed by atoms with E-state index in [0.717, 1.165) is 19.3 Å². The zero-order valence-corrected chi connectivity index (χ0v) is 13.3. The number of carbonyl (C=O) groups excluding carboxylic acids is 2. The van der Waals surface area contributed by atoms with Crippen molar-refractivity contribution in [3.8, 4) is 0 Å². The lowest BCUT2D eigenvalue weighted by molar-refractivity contribution is -0.133. The van der Waals surface area contributed by atoms with Gasteiger partial charge >= 0.3 is 0 Å². The molecular weight excluding hydrogens is 390 g/mol. The average molecular weight is 403 g/mol. The summed E-state index contributed by atoms with van der Waals surface area (Å²) in [6.45, 7) is 0. The molecule has 4 saturated carbocycles. The van der Waals surface area contributed by atoms with Crippen molar-refractivity contribution in [1.82, 2.24) is 0 Å². The van der Waals surface area contributed by atoms with Gasteiger partial charge in [0.15, 0.2) is 4.33 Å². The molecule has 4 unspecified atom stereocenters. The molecule has 0 saturated heterocycles. The van der Waals surface area contributed by atoms with Crippen molar-refractivity contribution in [3.05, 3.63) is 0 Å². The first-order valence-electron chi connectivity index (χ1n) is 6.05. The maximum atomic E-state index is 12.0. The molecule has 0 aromatic carbocycles. The SMILES string of the molecule is O=C(I)C(=O)C(Cl)(Cl)C12CC3CC1CC(O)(C3)C2. The normalized spacial score (nSPS) is 45.6. The van der Waals surface area contributed by atoms with E-state index in [4.69, 9.17) is 23.2 Å². The summed E-state index contributed by atoms with van der Waals surface area (Å²) in [6.07, 6.45) is 3.60. The van der Waals surface area contributed by atoms with E-state index in [0.29, 0.717) is 18.8 Å². The van der Waals surface area contributed by atoms with Crippen LogP contribution in [0, 0.1) is 17.3 Å². The highest BCUT2D eigenvalue weighted by Gasteiger charge is 2.72. The summed E-state index contributed by atoms with van der Waals surface area (Å²) < 4.78 is -2.32. The van der Waals surface area contributed by atoms with E-state index >= 15 is 0 Å². The molecule has 4 rings (SSSR count). The van der Waals surface area contributed by atoms with E-state index in [9.17, 15) is 14.7 Å². The number of aliphatic hydroxyl groups is 1. The van der Waals surface area contributed by atoms with E-state index in [1.165, 1.54) is 22.6 Å². The number of ketones is 1. The lowest BCUT2D eigenvalue weighted by atomic mass is 9.70. The number of alkyl halides is 2. The van der Waals surface area contributed by atoms with E-state index < -0.39 is 24.9 Å². The number of carbonyl (C=O) groups is 2. The maximum absolute atomic E-state index is 12.0. The molecule has 18 heavy (non-hydrogen) atoms. The van der Waals surface area contributed by atoms with Gasteiger partial charge in [0, 0.05) is 28.0 Å². The molecule has 6 heteroatoms. The van der Waals surface area contributed by atoms with Crippen LogP contribution in [0.4, 0.5) is 0 Å². The predicted octanol–water partition coefficient (Wildman–Crippen LogP) is 2.63. The van der Waals surface area contributed by atoms with Crippen molar-refractivity contribution in [2.45, 2.75) is 42.0 Å². The van der Waals surface area contributed by atoms with Crippen LogP contribution in [0.1, 0.15) is 32.1 Å². The van der Waals surface area contributed by atoms with Gasteiger partial charge in [-0.3, -0.25) is 9.59 Å². The second-order valence-electron chi connectivity index (χ2n) is 6.15. The third kappa shape index (κ3) is 1.58. The third-order valence-electron chi connectivity index (χ3n) is 5.08. The molecule has 0 spiro atoms. The highest BCUT2D eigenvalue weighted by Crippen LogP contribution is 2.72. The van der Waals surface area contributed by atoms with Crippen molar-refractivity contribution in [2.24, 2.45) is 17.3 Å². The van der Waals surface area contributed by atoms with Crippen molar-refractivity contribution >= 4 is 55.4 Å². The minimum Gasteiger partial charge on any atom is -0.390 e. The Morgan fingerprint density at radius 2 is 1.94 bits per heavy atom. The van der Waals surface area contributed by atoms with Crippen LogP contribution < -0.4 is 0 Å². The Morgan fingerprint density at radius 3 is 2.50 bits per heavy atom. The molecule has 100 valence electrons. The molecule has 0 aromatic heterocycles. The Bertz CT molecular complexity index is 453. The van der Waals surface area contributed by atoms with Crippen LogP contribution in [0.2, 0.25) is 0 Å². The topological polar surface area (TPSA) is 54.4 Å². The second-order valence-corrected chi connectivity index (χ2v) is 8.45. The van der Waals surface area contributed by atoms with Crippen molar-refractivity contribution < 1.29 is 14.7 Å². The molecule has 4 atom stereocenters. The monoisotopic (exact) mass is 402 g/mol. The minimum absolute atomic E-state index is 0.163. The zero-order chi connectivity index (χ0) is 13.3. The first-order chi connectivity index (χ1) is 8.20. The molecule has 4 fully saturated rings. The van der Waals surface area contributed by atoms with E-state index in [-0.39, 0.29) is 5.92 Å². The lowest BCUT2D eigenvalue weighted by Crippen LogP contribution is -2.50. The number of rotatable bonds is 3. The first-order valence-corrected chi connectivity index (χ1v) is 7.88. The predicted molar refractivity (Wildman–Crippen MR) is 75.9 cm³/mol. The Kier molecular flexibility index (Phi) is 2.89. The van der Waals surface area contributed by atoms with E-state index in [1.54, 1.807) is 0 Å². The van der Waals surface area contributed by atoms with Gasteiger partial charge in [-0.2, -0.15) is 0 Å². The van der Waals surface area contributed by atoms with E-state index in [2.05, 4.69) is 0 Å². The van der Waals surface area contributed by atoms with Gasteiger partial charge in [-0.1, -0.05) is 23.2 Å². The highest BCUT2D eigenvalue weighted by atomic mass is 127. The summed E-state index contributed by atoms with van der Waals surface area (Å²) in [7, 11) is 0. The molecule has 4 aliphatic carbocycles. The van der Waals surface area contributed by atoms with Gasteiger partial charge in [0.25, 0.3) is 3.79 Å². The summed E-state index contributed by atoms with van der Waals surface area (Å²) in [5, 5.41) is 10.5. The van der Waals surface area contributed by atoms with Gasteiger partial charge in [0.05, 0.1) is 5.60 Å². The molecular formula is C12H13Cl2IO3. The Labute approximate surface area is 129 Å². The third-order valence-corrected chi connectivity index (χ3v) is 6.67. The fourth-order valence-corrected chi connectivity index (χ4v) is 6.19. The van der Waals surface area contributed by atoms with Gasteiger partial charge in [-0.15, -0.1) is 0 Å². The molecule has 3 nitrogen and oxygen atoms in total. The Morgan fingerprint density at radius 1 is 1.28 bits per heavy atom. The fraction of sp³-hybridized carbons (Fsp3) is 0.833. The Hall–Kier alpha value is 0.610. The molecule has 0 radical (unpaired) electrons. The molecule has 0 amide bonds. The summed E-state index contributed by atoms with van der Waals surface area (Å²) in [6, 6.07) is 0. The van der Waals surface area contributed by atoms with Gasteiger partial charge < -0.3 is 5.11 Å².